The Morgan fingerprint density at radius 2 is 1.52 bits per heavy atom. The number of hydrogen-bond acceptors (Lipinski definition) is 4. The average Bonchev–Trinajstić information content (AvgIpc) is 3.20. The summed E-state index contributed by atoms with van der Waals surface area (Å²) in [6.07, 6.45) is 1.74. The fraction of sp³-hybridized carbons (Fsp3) is 0.0417. The molecule has 0 saturated carbocycles. The van der Waals surface area contributed by atoms with E-state index in [9.17, 15) is 0 Å². The van der Waals surface area contributed by atoms with Crippen LogP contribution in [0.4, 0.5) is 0 Å². The topological polar surface area (TPSA) is 52.3 Å². The lowest BCUT2D eigenvalue weighted by atomic mass is 10.0. The van der Waals surface area contributed by atoms with Crippen LogP contribution in [0.15, 0.2) is 79.0 Å². The van der Waals surface area contributed by atoms with Crippen molar-refractivity contribution < 1.29 is 4.74 Å². The summed E-state index contributed by atoms with van der Waals surface area (Å²) in [7, 11) is 1.62. The lowest BCUT2D eigenvalue weighted by molar-refractivity contribution is 0.415. The second-order valence-corrected chi connectivity index (χ2v) is 7.55. The Kier molecular flexibility index (Phi) is 5.06. The van der Waals surface area contributed by atoms with Crippen molar-refractivity contribution >= 4 is 28.8 Å². The van der Waals surface area contributed by atoms with Gasteiger partial charge < -0.3 is 4.74 Å². The quantitative estimate of drug-likeness (QED) is 0.298. The fourth-order valence-electron chi connectivity index (χ4n) is 3.54. The Morgan fingerprint density at radius 3 is 2.19 bits per heavy atom. The summed E-state index contributed by atoms with van der Waals surface area (Å²) in [4.78, 5) is 9.19. The monoisotopic (exact) mass is 446 g/mol. The van der Waals surface area contributed by atoms with Gasteiger partial charge in [-0.1, -0.05) is 71.7 Å². The molecule has 7 heteroatoms. The van der Waals surface area contributed by atoms with Crippen molar-refractivity contribution in [2.45, 2.75) is 0 Å². The van der Waals surface area contributed by atoms with Gasteiger partial charge >= 0.3 is 0 Å². The lowest BCUT2D eigenvalue weighted by Gasteiger charge is -2.10. The summed E-state index contributed by atoms with van der Waals surface area (Å²) in [5.41, 5.74) is 5.18. The zero-order valence-electron chi connectivity index (χ0n) is 16.5. The van der Waals surface area contributed by atoms with E-state index < -0.39 is 0 Å². The highest BCUT2D eigenvalue weighted by molar-refractivity contribution is 6.38. The Balaban J connectivity index is 1.81. The molecule has 0 radical (unpaired) electrons. The van der Waals surface area contributed by atoms with Gasteiger partial charge in [0.15, 0.2) is 5.65 Å². The van der Waals surface area contributed by atoms with Gasteiger partial charge in [-0.05, 0) is 35.4 Å². The molecule has 152 valence electrons. The fourth-order valence-corrected chi connectivity index (χ4v) is 4.18. The molecule has 5 rings (SSSR count). The molecule has 0 aliphatic rings. The third kappa shape index (κ3) is 3.42. The van der Waals surface area contributed by atoms with E-state index in [-0.39, 0.29) is 0 Å². The number of nitrogens with zero attached hydrogens (tertiary/aromatic N) is 4. The van der Waals surface area contributed by atoms with E-state index in [2.05, 4.69) is 4.98 Å². The van der Waals surface area contributed by atoms with Crippen LogP contribution in [0.25, 0.3) is 39.3 Å². The Morgan fingerprint density at radius 1 is 0.806 bits per heavy atom. The van der Waals surface area contributed by atoms with Crippen LogP contribution in [0.1, 0.15) is 0 Å². The molecule has 0 bridgehead atoms. The van der Waals surface area contributed by atoms with Crippen LogP contribution in [0.5, 0.6) is 5.75 Å². The van der Waals surface area contributed by atoms with Crippen molar-refractivity contribution in [3.8, 4) is 39.4 Å². The molecule has 0 spiro atoms. The summed E-state index contributed by atoms with van der Waals surface area (Å²) < 4.78 is 6.87. The number of pyridine rings is 1. The molecule has 0 aliphatic heterocycles. The highest BCUT2D eigenvalue weighted by atomic mass is 35.5. The van der Waals surface area contributed by atoms with E-state index in [1.807, 2.05) is 72.8 Å². The molecule has 5 aromatic rings. The summed E-state index contributed by atoms with van der Waals surface area (Å²) >= 11 is 13.5. The third-order valence-corrected chi connectivity index (χ3v) is 5.63. The standard InChI is InChI=1S/C24H16Cl2N4O/c1-31-17-12-10-16(11-13-17)20-22(25)28-24-19(15-7-3-2-4-8-15)21(29-30(24)23(20)26)18-9-5-6-14-27-18/h2-14H,1H3. The Bertz CT molecular complexity index is 1370. The van der Waals surface area contributed by atoms with Crippen molar-refractivity contribution in [3.63, 3.8) is 0 Å². The van der Waals surface area contributed by atoms with Crippen LogP contribution in [0, 0.1) is 0 Å². The molecule has 5 nitrogen and oxygen atoms in total. The first-order chi connectivity index (χ1) is 15.2. The molecule has 3 heterocycles. The van der Waals surface area contributed by atoms with Gasteiger partial charge in [-0.2, -0.15) is 5.10 Å². The molecule has 0 fully saturated rings. The minimum Gasteiger partial charge on any atom is -0.497 e. The molecule has 3 aromatic heterocycles. The van der Waals surface area contributed by atoms with Gasteiger partial charge in [-0.25, -0.2) is 9.50 Å². The lowest BCUT2D eigenvalue weighted by Crippen LogP contribution is -1.97. The van der Waals surface area contributed by atoms with Gasteiger partial charge in [-0.15, -0.1) is 0 Å². The highest BCUT2D eigenvalue weighted by Crippen LogP contribution is 2.40. The van der Waals surface area contributed by atoms with Crippen molar-refractivity contribution in [3.05, 3.63) is 89.3 Å². The number of aromatic nitrogens is 4. The minimum absolute atomic E-state index is 0.298. The number of rotatable bonds is 4. The second kappa shape index (κ2) is 8.02. The van der Waals surface area contributed by atoms with Gasteiger partial charge in [0.2, 0.25) is 0 Å². The van der Waals surface area contributed by atoms with Gasteiger partial charge in [0.1, 0.15) is 21.7 Å². The van der Waals surface area contributed by atoms with E-state index in [4.69, 9.17) is 38.0 Å². The number of hydrogen-bond donors (Lipinski definition) is 0. The maximum atomic E-state index is 6.84. The SMILES string of the molecule is COc1ccc(-c2c(Cl)nc3c(-c4ccccc4)c(-c4ccccn4)nn3c2Cl)cc1. The maximum absolute atomic E-state index is 6.84. The van der Waals surface area contributed by atoms with Crippen molar-refractivity contribution in [1.82, 2.24) is 19.6 Å². The largest absolute Gasteiger partial charge is 0.497 e. The first-order valence-electron chi connectivity index (χ1n) is 9.56. The normalized spacial score (nSPS) is 11.1. The summed E-state index contributed by atoms with van der Waals surface area (Å²) in [6, 6.07) is 23.1. The van der Waals surface area contributed by atoms with Crippen LogP contribution in [-0.4, -0.2) is 26.7 Å². The average molecular weight is 447 g/mol. The van der Waals surface area contributed by atoms with E-state index in [1.165, 1.54) is 0 Å². The van der Waals surface area contributed by atoms with Crippen LogP contribution in [0.3, 0.4) is 0 Å². The predicted molar refractivity (Wildman–Crippen MR) is 124 cm³/mol. The van der Waals surface area contributed by atoms with Crippen molar-refractivity contribution in [1.29, 1.82) is 0 Å². The Hall–Kier alpha value is -3.41. The van der Waals surface area contributed by atoms with E-state index in [1.54, 1.807) is 17.8 Å². The third-order valence-electron chi connectivity index (χ3n) is 5.01. The smallest absolute Gasteiger partial charge is 0.167 e. The molecule has 0 amide bonds. The molecular weight excluding hydrogens is 431 g/mol. The van der Waals surface area contributed by atoms with Crippen molar-refractivity contribution in [2.24, 2.45) is 0 Å². The molecule has 0 unspecified atom stereocenters. The summed E-state index contributed by atoms with van der Waals surface area (Å²) in [6.45, 7) is 0. The first kappa shape index (κ1) is 19.5. The van der Waals surface area contributed by atoms with E-state index in [0.717, 1.165) is 28.1 Å². The molecule has 0 saturated heterocycles. The van der Waals surface area contributed by atoms with E-state index >= 15 is 0 Å². The maximum Gasteiger partial charge on any atom is 0.167 e. The number of benzene rings is 2. The molecule has 2 aromatic carbocycles. The zero-order valence-corrected chi connectivity index (χ0v) is 18.0. The molecule has 0 aliphatic carbocycles. The first-order valence-corrected chi connectivity index (χ1v) is 10.3. The zero-order chi connectivity index (χ0) is 21.4. The van der Waals surface area contributed by atoms with Crippen LogP contribution >= 0.6 is 23.2 Å². The highest BCUT2D eigenvalue weighted by Gasteiger charge is 2.23. The van der Waals surface area contributed by atoms with Gasteiger partial charge in [0, 0.05) is 6.20 Å². The number of fused-ring (bicyclic) bond motifs is 1. The van der Waals surface area contributed by atoms with E-state index in [0.29, 0.717) is 27.2 Å². The number of methoxy groups -OCH3 is 1. The minimum atomic E-state index is 0.298. The van der Waals surface area contributed by atoms with Crippen molar-refractivity contribution in [2.75, 3.05) is 7.11 Å². The number of ether oxygens (including phenoxy) is 1. The van der Waals surface area contributed by atoms with Gasteiger partial charge in [0.25, 0.3) is 0 Å². The second-order valence-electron chi connectivity index (χ2n) is 6.84. The predicted octanol–water partition coefficient (Wildman–Crippen LogP) is 6.44. The van der Waals surface area contributed by atoms with Crippen LogP contribution in [-0.2, 0) is 0 Å². The van der Waals surface area contributed by atoms with Gasteiger partial charge in [0.05, 0.1) is 23.9 Å². The molecular formula is C24H16Cl2N4O. The Labute approximate surface area is 188 Å². The molecule has 0 N–H and O–H groups in total. The van der Waals surface area contributed by atoms with Gasteiger partial charge in [-0.3, -0.25) is 4.98 Å². The number of halogens is 2. The summed E-state index contributed by atoms with van der Waals surface area (Å²) in [5.74, 6) is 0.743. The molecule has 31 heavy (non-hydrogen) atoms. The van der Waals surface area contributed by atoms with Crippen LogP contribution < -0.4 is 4.74 Å². The summed E-state index contributed by atoms with van der Waals surface area (Å²) in [5, 5.41) is 5.47. The molecule has 0 atom stereocenters. The van der Waals surface area contributed by atoms with Crippen LogP contribution in [0.2, 0.25) is 10.3 Å².